The van der Waals surface area contributed by atoms with Crippen LogP contribution >= 0.6 is 0 Å². The largest absolute Gasteiger partial charge is 0.466 e. The quantitative estimate of drug-likeness (QED) is 0.640. The van der Waals surface area contributed by atoms with Gasteiger partial charge in [0.05, 0.1) is 37.4 Å². The summed E-state index contributed by atoms with van der Waals surface area (Å²) < 4.78 is 10.1. The lowest BCUT2D eigenvalue weighted by atomic mass is 9.81. The Morgan fingerprint density at radius 2 is 1.64 bits per heavy atom. The number of methoxy groups -OCH3 is 2. The highest BCUT2D eigenvalue weighted by atomic mass is 16.5. The van der Waals surface area contributed by atoms with E-state index >= 15 is 0 Å². The SMILES string of the molecule is COC(=O)C1=C(C(=O)OC)N(c2cccc(C(=O)N3CCCC3)c2)C(N)=C(C#N)C1c1ccccc1. The second kappa shape index (κ2) is 10.4. The number of hydrogen-bond acceptors (Lipinski definition) is 8. The summed E-state index contributed by atoms with van der Waals surface area (Å²) in [5.41, 5.74) is 7.63. The van der Waals surface area contributed by atoms with Crippen molar-refractivity contribution in [2.24, 2.45) is 5.73 Å². The summed E-state index contributed by atoms with van der Waals surface area (Å²) >= 11 is 0. The zero-order valence-corrected chi connectivity index (χ0v) is 20.1. The molecular formula is C27H26N4O5. The summed E-state index contributed by atoms with van der Waals surface area (Å²) in [6.07, 6.45) is 1.88. The van der Waals surface area contributed by atoms with Crippen LogP contribution < -0.4 is 10.6 Å². The van der Waals surface area contributed by atoms with Crippen LogP contribution in [0.25, 0.3) is 0 Å². The number of nitrogens with zero attached hydrogens (tertiary/aromatic N) is 3. The number of benzene rings is 2. The molecule has 0 spiro atoms. The van der Waals surface area contributed by atoms with Gasteiger partial charge in [0, 0.05) is 24.3 Å². The van der Waals surface area contributed by atoms with Crippen LogP contribution in [0.3, 0.4) is 0 Å². The lowest BCUT2D eigenvalue weighted by Crippen LogP contribution is -2.41. The highest BCUT2D eigenvalue weighted by molar-refractivity contribution is 6.06. The Morgan fingerprint density at radius 3 is 2.25 bits per heavy atom. The van der Waals surface area contributed by atoms with E-state index in [-0.39, 0.29) is 28.6 Å². The Morgan fingerprint density at radius 1 is 0.972 bits per heavy atom. The van der Waals surface area contributed by atoms with E-state index in [1.54, 1.807) is 59.5 Å². The van der Waals surface area contributed by atoms with E-state index in [2.05, 4.69) is 6.07 Å². The first-order chi connectivity index (χ1) is 17.4. The fourth-order valence-corrected chi connectivity index (χ4v) is 4.66. The Balaban J connectivity index is 1.95. The van der Waals surface area contributed by atoms with Gasteiger partial charge in [-0.25, -0.2) is 9.59 Å². The number of allylic oxidation sites excluding steroid dienone is 1. The van der Waals surface area contributed by atoms with Crippen molar-refractivity contribution in [1.82, 2.24) is 4.90 Å². The third-order valence-electron chi connectivity index (χ3n) is 6.35. The van der Waals surface area contributed by atoms with Crippen molar-refractivity contribution in [3.8, 4) is 6.07 Å². The molecule has 1 amide bonds. The van der Waals surface area contributed by atoms with E-state index in [9.17, 15) is 19.6 Å². The molecule has 0 aliphatic carbocycles. The number of rotatable bonds is 5. The summed E-state index contributed by atoms with van der Waals surface area (Å²) in [4.78, 5) is 42.4. The maximum absolute atomic E-state index is 13.2. The number of ether oxygens (including phenoxy) is 2. The summed E-state index contributed by atoms with van der Waals surface area (Å²) in [7, 11) is 2.38. The second-order valence-corrected chi connectivity index (χ2v) is 8.38. The average Bonchev–Trinajstić information content (AvgIpc) is 3.46. The molecule has 0 bridgehead atoms. The average molecular weight is 487 g/mol. The van der Waals surface area contributed by atoms with Crippen molar-refractivity contribution < 1.29 is 23.9 Å². The molecule has 1 fully saturated rings. The number of anilines is 1. The van der Waals surface area contributed by atoms with E-state index in [1.165, 1.54) is 19.1 Å². The van der Waals surface area contributed by atoms with Crippen LogP contribution in [0.1, 0.15) is 34.7 Å². The summed E-state index contributed by atoms with van der Waals surface area (Å²) in [5, 5.41) is 10.1. The maximum atomic E-state index is 13.2. The minimum Gasteiger partial charge on any atom is -0.466 e. The Labute approximate surface area is 209 Å². The van der Waals surface area contributed by atoms with Gasteiger partial charge < -0.3 is 20.1 Å². The fraction of sp³-hybridized carbons (Fsp3) is 0.259. The molecule has 2 aliphatic heterocycles. The molecule has 1 unspecified atom stereocenters. The van der Waals surface area contributed by atoms with Crippen LogP contribution in [0.4, 0.5) is 5.69 Å². The first-order valence-electron chi connectivity index (χ1n) is 11.5. The molecule has 2 aromatic carbocycles. The van der Waals surface area contributed by atoms with Crippen molar-refractivity contribution in [3.63, 3.8) is 0 Å². The Hall–Kier alpha value is -4.58. The Bertz CT molecular complexity index is 1300. The smallest absolute Gasteiger partial charge is 0.355 e. The monoisotopic (exact) mass is 486 g/mol. The number of carbonyl (C=O) groups is 3. The van der Waals surface area contributed by atoms with Gasteiger partial charge in [-0.1, -0.05) is 36.4 Å². The number of hydrogen-bond donors (Lipinski definition) is 1. The van der Waals surface area contributed by atoms with Crippen LogP contribution in [0.15, 0.2) is 77.3 Å². The third kappa shape index (κ3) is 4.29. The van der Waals surface area contributed by atoms with Crippen molar-refractivity contribution in [3.05, 3.63) is 88.4 Å². The minimum absolute atomic E-state index is 0.0508. The van der Waals surface area contributed by atoms with E-state index in [0.717, 1.165) is 12.8 Å². The molecule has 1 saturated heterocycles. The molecule has 9 heteroatoms. The molecule has 0 radical (unpaired) electrons. The van der Waals surface area contributed by atoms with E-state index < -0.39 is 17.9 Å². The molecule has 2 aliphatic rings. The molecule has 0 aromatic heterocycles. The first kappa shape index (κ1) is 24.5. The van der Waals surface area contributed by atoms with E-state index in [1.807, 2.05) is 0 Å². The molecule has 2 N–H and O–H groups in total. The third-order valence-corrected chi connectivity index (χ3v) is 6.35. The molecule has 9 nitrogen and oxygen atoms in total. The summed E-state index contributed by atoms with van der Waals surface area (Å²) in [5.74, 6) is -2.80. The van der Waals surface area contributed by atoms with Gasteiger partial charge in [0.15, 0.2) is 0 Å². The lowest BCUT2D eigenvalue weighted by Gasteiger charge is -2.36. The molecule has 2 aromatic rings. The van der Waals surface area contributed by atoms with Crippen LogP contribution in [0.2, 0.25) is 0 Å². The number of amides is 1. The molecule has 4 rings (SSSR count). The number of esters is 2. The Kier molecular flexibility index (Phi) is 7.06. The molecule has 0 saturated carbocycles. The summed E-state index contributed by atoms with van der Waals surface area (Å²) in [6, 6.07) is 17.5. The zero-order valence-electron chi connectivity index (χ0n) is 20.1. The van der Waals surface area contributed by atoms with Crippen molar-refractivity contribution in [1.29, 1.82) is 5.26 Å². The van der Waals surface area contributed by atoms with Crippen molar-refractivity contribution in [2.45, 2.75) is 18.8 Å². The highest BCUT2D eigenvalue weighted by Crippen LogP contribution is 2.43. The minimum atomic E-state index is -0.955. The molecular weight excluding hydrogens is 460 g/mol. The van der Waals surface area contributed by atoms with Gasteiger partial charge in [-0.3, -0.25) is 9.69 Å². The topological polar surface area (TPSA) is 126 Å². The molecule has 1 atom stereocenters. The van der Waals surface area contributed by atoms with E-state index in [0.29, 0.717) is 29.9 Å². The number of nitrogens with two attached hydrogens (primary N) is 1. The van der Waals surface area contributed by atoms with Crippen LogP contribution in [0, 0.1) is 11.3 Å². The lowest BCUT2D eigenvalue weighted by molar-refractivity contribution is -0.139. The number of nitriles is 1. The van der Waals surface area contributed by atoms with E-state index in [4.69, 9.17) is 15.2 Å². The maximum Gasteiger partial charge on any atom is 0.355 e. The molecule has 36 heavy (non-hydrogen) atoms. The predicted molar refractivity (Wildman–Crippen MR) is 131 cm³/mol. The fourth-order valence-electron chi connectivity index (χ4n) is 4.66. The van der Waals surface area contributed by atoms with Gasteiger partial charge in [-0.2, -0.15) is 5.26 Å². The van der Waals surface area contributed by atoms with Gasteiger partial charge in [0.2, 0.25) is 0 Å². The second-order valence-electron chi connectivity index (χ2n) is 8.38. The molecule has 2 heterocycles. The predicted octanol–water partition coefficient (Wildman–Crippen LogP) is 2.82. The van der Waals surface area contributed by atoms with Crippen LogP contribution in [-0.2, 0) is 19.1 Å². The van der Waals surface area contributed by atoms with Gasteiger partial charge >= 0.3 is 11.9 Å². The van der Waals surface area contributed by atoms with Gasteiger partial charge in [0.25, 0.3) is 5.91 Å². The highest BCUT2D eigenvalue weighted by Gasteiger charge is 2.43. The van der Waals surface area contributed by atoms with Crippen molar-refractivity contribution >= 4 is 23.5 Å². The first-order valence-corrected chi connectivity index (χ1v) is 11.5. The zero-order chi connectivity index (χ0) is 25.8. The van der Waals surface area contributed by atoms with Crippen molar-refractivity contribution in [2.75, 3.05) is 32.2 Å². The van der Waals surface area contributed by atoms with Crippen LogP contribution in [0.5, 0.6) is 0 Å². The normalized spacial score (nSPS) is 17.6. The summed E-state index contributed by atoms with van der Waals surface area (Å²) in [6.45, 7) is 1.35. The number of likely N-dealkylation sites (tertiary alicyclic amines) is 1. The van der Waals surface area contributed by atoms with Crippen LogP contribution in [-0.4, -0.2) is 50.1 Å². The van der Waals surface area contributed by atoms with Gasteiger partial charge in [-0.15, -0.1) is 0 Å². The number of carbonyl (C=O) groups excluding carboxylic acids is 3. The van der Waals surface area contributed by atoms with Gasteiger partial charge in [0.1, 0.15) is 11.5 Å². The van der Waals surface area contributed by atoms with Gasteiger partial charge in [-0.05, 0) is 36.6 Å². The molecule has 184 valence electrons. The standard InChI is InChI=1S/C27H26N4O5/c1-35-26(33)22-21(17-9-4-3-5-10-17)20(16-28)24(29)31(23(22)27(34)36-2)19-12-8-11-18(15-19)25(32)30-13-6-7-14-30/h3-5,8-12,15,21H,6-7,13-14,29H2,1-2H3.